The molecular weight excluding hydrogens is 274 g/mol. The van der Waals surface area contributed by atoms with Gasteiger partial charge in [0, 0.05) is 28.7 Å². The van der Waals surface area contributed by atoms with Gasteiger partial charge in [-0.05, 0) is 37.9 Å². The van der Waals surface area contributed by atoms with Gasteiger partial charge in [-0.2, -0.15) is 0 Å². The molecule has 3 N–H and O–H groups in total. The molecule has 0 radical (unpaired) electrons. The van der Waals surface area contributed by atoms with E-state index in [9.17, 15) is 0 Å². The molecule has 1 aliphatic rings. The second kappa shape index (κ2) is 6.59. The van der Waals surface area contributed by atoms with E-state index in [4.69, 9.17) is 18.0 Å². The van der Waals surface area contributed by atoms with Gasteiger partial charge in [-0.3, -0.25) is 0 Å². The molecule has 19 heavy (non-hydrogen) atoms. The Morgan fingerprint density at radius 2 is 2.37 bits per heavy atom. The Bertz CT molecular complexity index is 462. The van der Waals surface area contributed by atoms with Gasteiger partial charge < -0.3 is 16.0 Å². The van der Waals surface area contributed by atoms with Crippen LogP contribution in [0.5, 0.6) is 0 Å². The van der Waals surface area contributed by atoms with E-state index in [2.05, 4.69) is 42.4 Å². The van der Waals surface area contributed by atoms with Gasteiger partial charge in [0.05, 0.1) is 0 Å². The summed E-state index contributed by atoms with van der Waals surface area (Å²) in [6.45, 7) is 4.35. The Balaban J connectivity index is 2.23. The molecule has 0 aliphatic carbocycles. The van der Waals surface area contributed by atoms with Crippen molar-refractivity contribution in [3.8, 4) is 0 Å². The van der Waals surface area contributed by atoms with Gasteiger partial charge >= 0.3 is 0 Å². The second-order valence-electron chi connectivity index (χ2n) is 4.87. The van der Waals surface area contributed by atoms with Crippen LogP contribution in [0.15, 0.2) is 23.1 Å². The van der Waals surface area contributed by atoms with Crippen LogP contribution in [0.4, 0.5) is 5.69 Å². The quantitative estimate of drug-likeness (QED) is 0.645. The van der Waals surface area contributed by atoms with Gasteiger partial charge in [0.2, 0.25) is 0 Å². The minimum atomic E-state index is 0.477. The van der Waals surface area contributed by atoms with E-state index in [1.54, 1.807) is 11.8 Å². The number of anilines is 1. The van der Waals surface area contributed by atoms with E-state index in [0.717, 1.165) is 30.1 Å². The highest BCUT2D eigenvalue weighted by molar-refractivity contribution is 7.99. The molecule has 0 amide bonds. The highest BCUT2D eigenvalue weighted by Gasteiger charge is 2.21. The van der Waals surface area contributed by atoms with Crippen molar-refractivity contribution in [2.24, 2.45) is 5.73 Å². The van der Waals surface area contributed by atoms with Crippen molar-refractivity contribution in [3.05, 3.63) is 23.8 Å². The van der Waals surface area contributed by atoms with Crippen LogP contribution in [0.1, 0.15) is 18.9 Å². The summed E-state index contributed by atoms with van der Waals surface area (Å²) in [5.74, 6) is 1.02. The molecule has 3 nitrogen and oxygen atoms in total. The van der Waals surface area contributed by atoms with E-state index in [1.165, 1.54) is 11.3 Å². The zero-order valence-corrected chi connectivity index (χ0v) is 13.1. The van der Waals surface area contributed by atoms with E-state index in [1.807, 2.05) is 0 Å². The van der Waals surface area contributed by atoms with Crippen LogP contribution in [0.2, 0.25) is 0 Å². The molecule has 1 unspecified atom stereocenters. The van der Waals surface area contributed by atoms with Crippen molar-refractivity contribution >= 4 is 34.7 Å². The maximum Gasteiger partial charge on any atom is 0.107 e. The maximum absolute atomic E-state index is 5.91. The van der Waals surface area contributed by atoms with Gasteiger partial charge in [0.25, 0.3) is 0 Å². The Morgan fingerprint density at radius 3 is 2.95 bits per heavy atom. The number of nitrogens with zero attached hydrogens (tertiary/aromatic N) is 1. The number of benzene rings is 1. The topological polar surface area (TPSA) is 41.3 Å². The number of likely N-dealkylation sites (N-methyl/N-ethyl adjacent to an activating group) is 1. The summed E-state index contributed by atoms with van der Waals surface area (Å²) in [4.78, 5) is 3.99. The summed E-state index contributed by atoms with van der Waals surface area (Å²) in [6.07, 6.45) is 1.17. The lowest BCUT2D eigenvalue weighted by Crippen LogP contribution is -2.25. The van der Waals surface area contributed by atoms with E-state index in [0.29, 0.717) is 11.0 Å². The van der Waals surface area contributed by atoms with Gasteiger partial charge in [-0.15, -0.1) is 11.8 Å². The fraction of sp³-hybridized carbons (Fsp3) is 0.500. The molecule has 0 saturated carbocycles. The molecular formula is C14H21N3S2. The summed E-state index contributed by atoms with van der Waals surface area (Å²) < 4.78 is 0. The summed E-state index contributed by atoms with van der Waals surface area (Å²) in [7, 11) is 2.15. The summed E-state index contributed by atoms with van der Waals surface area (Å²) >= 11 is 7.01. The molecule has 1 aliphatic heterocycles. The first-order valence-corrected chi connectivity index (χ1v) is 8.02. The average molecular weight is 295 g/mol. The monoisotopic (exact) mass is 295 g/mol. The Morgan fingerprint density at radius 1 is 1.58 bits per heavy atom. The predicted octanol–water partition coefficient (Wildman–Crippen LogP) is 2.55. The van der Waals surface area contributed by atoms with Gasteiger partial charge in [-0.25, -0.2) is 0 Å². The maximum atomic E-state index is 5.91. The van der Waals surface area contributed by atoms with E-state index >= 15 is 0 Å². The normalized spacial score (nSPS) is 19.6. The molecule has 104 valence electrons. The Hall–Kier alpha value is -0.780. The van der Waals surface area contributed by atoms with Crippen LogP contribution in [0.25, 0.3) is 0 Å². The molecule has 1 fully saturated rings. The van der Waals surface area contributed by atoms with E-state index < -0.39 is 0 Å². The molecule has 5 heteroatoms. The van der Waals surface area contributed by atoms with Crippen molar-refractivity contribution in [1.29, 1.82) is 0 Å². The number of thioether (sulfide) groups is 1. The molecule has 0 aromatic heterocycles. The smallest absolute Gasteiger partial charge is 0.107 e. The molecule has 1 aromatic rings. The number of likely N-dealkylation sites (tertiary alicyclic amines) is 1. The Labute approximate surface area is 124 Å². The number of nitrogens with one attached hydrogen (secondary N) is 1. The van der Waals surface area contributed by atoms with Crippen LogP contribution in [0.3, 0.4) is 0 Å². The lowest BCUT2D eigenvalue weighted by molar-refractivity contribution is 0.414. The van der Waals surface area contributed by atoms with Gasteiger partial charge in [0.15, 0.2) is 0 Å². The number of hydrogen-bond acceptors (Lipinski definition) is 4. The minimum absolute atomic E-state index is 0.477. The van der Waals surface area contributed by atoms with Crippen LogP contribution < -0.4 is 11.1 Å². The van der Waals surface area contributed by atoms with Crippen molar-refractivity contribution < 1.29 is 0 Å². The average Bonchev–Trinajstić information content (AvgIpc) is 2.75. The molecule has 2 rings (SSSR count). The molecule has 1 saturated heterocycles. The lowest BCUT2D eigenvalue weighted by atomic mass is 10.1. The van der Waals surface area contributed by atoms with Gasteiger partial charge in [-0.1, -0.05) is 25.2 Å². The third-order valence-corrected chi connectivity index (χ3v) is 4.47. The fourth-order valence-corrected chi connectivity index (χ4v) is 3.59. The zero-order chi connectivity index (χ0) is 13.8. The second-order valence-corrected chi connectivity index (χ2v) is 6.61. The van der Waals surface area contributed by atoms with E-state index in [-0.39, 0.29) is 0 Å². The molecule has 0 bridgehead atoms. The number of nitrogens with two attached hydrogens (primary N) is 1. The first kappa shape index (κ1) is 14.6. The largest absolute Gasteiger partial charge is 0.389 e. The predicted molar refractivity (Wildman–Crippen MR) is 88.3 cm³/mol. The molecule has 1 heterocycles. The summed E-state index contributed by atoms with van der Waals surface area (Å²) in [5, 5.41) is 3.60. The van der Waals surface area contributed by atoms with Crippen molar-refractivity contribution in [2.75, 3.05) is 31.2 Å². The zero-order valence-electron chi connectivity index (χ0n) is 11.5. The van der Waals surface area contributed by atoms with Crippen molar-refractivity contribution in [1.82, 2.24) is 4.90 Å². The fourth-order valence-electron chi connectivity index (χ4n) is 2.45. The van der Waals surface area contributed by atoms with Gasteiger partial charge in [0.1, 0.15) is 4.99 Å². The highest BCUT2D eigenvalue weighted by atomic mass is 32.2. The molecule has 1 atom stereocenters. The van der Waals surface area contributed by atoms with Crippen LogP contribution in [0, 0.1) is 0 Å². The van der Waals surface area contributed by atoms with Crippen molar-refractivity contribution in [2.45, 2.75) is 24.3 Å². The number of thiocarbonyl (C=S) groups is 1. The lowest BCUT2D eigenvalue weighted by Gasteiger charge is -2.19. The first-order chi connectivity index (χ1) is 9.11. The minimum Gasteiger partial charge on any atom is -0.389 e. The van der Waals surface area contributed by atoms with Crippen LogP contribution in [-0.2, 0) is 0 Å². The van der Waals surface area contributed by atoms with Crippen molar-refractivity contribution in [3.63, 3.8) is 0 Å². The summed E-state index contributed by atoms with van der Waals surface area (Å²) in [6, 6.07) is 6.72. The SMILES string of the molecule is CCSc1cccc(NC2CCN(C)C2)c1C(N)=S. The number of hydrogen-bond donors (Lipinski definition) is 2. The third kappa shape index (κ3) is 3.61. The van der Waals surface area contributed by atoms with Crippen LogP contribution in [-0.4, -0.2) is 41.8 Å². The first-order valence-electron chi connectivity index (χ1n) is 6.62. The molecule has 1 aromatic carbocycles. The third-order valence-electron chi connectivity index (χ3n) is 3.32. The highest BCUT2D eigenvalue weighted by Crippen LogP contribution is 2.29. The van der Waals surface area contributed by atoms with Crippen LogP contribution >= 0.6 is 24.0 Å². The molecule has 0 spiro atoms. The standard InChI is InChI=1S/C14H21N3S2/c1-3-19-12-6-4-5-11(13(12)14(15)18)16-10-7-8-17(2)9-10/h4-6,10,16H,3,7-9H2,1-2H3,(H2,15,18). The summed E-state index contributed by atoms with van der Waals surface area (Å²) in [5.41, 5.74) is 7.99. The number of rotatable bonds is 5. The Kier molecular flexibility index (Phi) is 5.07.